The number of nitrogens with one attached hydrogen (secondary N) is 1. The second kappa shape index (κ2) is 8.01. The van der Waals surface area contributed by atoms with E-state index in [1.807, 2.05) is 12.3 Å². The topological polar surface area (TPSA) is 45.2 Å². The highest BCUT2D eigenvalue weighted by atomic mass is 19.1. The Morgan fingerprint density at radius 2 is 2.04 bits per heavy atom. The Labute approximate surface area is 159 Å². The van der Waals surface area contributed by atoms with Crippen molar-refractivity contribution in [1.29, 1.82) is 0 Å². The summed E-state index contributed by atoms with van der Waals surface area (Å²) in [7, 11) is 0. The van der Waals surface area contributed by atoms with Crippen LogP contribution in [0, 0.1) is 11.7 Å². The van der Waals surface area contributed by atoms with Crippen LogP contribution in [0.2, 0.25) is 0 Å². The predicted molar refractivity (Wildman–Crippen MR) is 103 cm³/mol. The molecule has 4 heterocycles. The number of fused-ring (bicyclic) bond motifs is 3. The Kier molecular flexibility index (Phi) is 5.30. The van der Waals surface area contributed by atoms with Crippen LogP contribution in [0.1, 0.15) is 24.0 Å². The van der Waals surface area contributed by atoms with Gasteiger partial charge in [0.2, 0.25) is 5.91 Å². The molecule has 4 nitrogen and oxygen atoms in total. The van der Waals surface area contributed by atoms with Crippen LogP contribution >= 0.6 is 0 Å². The van der Waals surface area contributed by atoms with Crippen molar-refractivity contribution in [2.45, 2.75) is 31.3 Å². The van der Waals surface area contributed by atoms with Gasteiger partial charge in [-0.05, 0) is 62.0 Å². The van der Waals surface area contributed by atoms with Gasteiger partial charge in [0.15, 0.2) is 0 Å². The minimum atomic E-state index is -0.321. The molecular formula is C22H24FN3O. The zero-order valence-electron chi connectivity index (χ0n) is 15.2. The van der Waals surface area contributed by atoms with Gasteiger partial charge in [0.1, 0.15) is 5.82 Å². The third-order valence-electron chi connectivity index (χ3n) is 5.76. The first-order valence-corrected chi connectivity index (χ1v) is 9.57. The van der Waals surface area contributed by atoms with Crippen molar-refractivity contribution < 1.29 is 9.18 Å². The first-order valence-electron chi connectivity index (χ1n) is 9.57. The molecule has 0 aliphatic carbocycles. The van der Waals surface area contributed by atoms with Gasteiger partial charge in [0, 0.05) is 36.1 Å². The molecule has 5 heteroatoms. The van der Waals surface area contributed by atoms with Crippen molar-refractivity contribution in [3.8, 4) is 0 Å². The maximum atomic E-state index is 13.7. The van der Waals surface area contributed by atoms with Gasteiger partial charge in [0.25, 0.3) is 0 Å². The SMILES string of the molecule is O=C(/C=C/c1ccccc1F)NC1C2CCN(CC2)C1Cc1cccnc1. The largest absolute Gasteiger partial charge is 0.348 e. The number of aromatic nitrogens is 1. The lowest BCUT2D eigenvalue weighted by atomic mass is 9.77. The van der Waals surface area contributed by atoms with Gasteiger partial charge in [-0.15, -0.1) is 0 Å². The fourth-order valence-corrected chi connectivity index (χ4v) is 4.37. The highest BCUT2D eigenvalue weighted by Crippen LogP contribution is 2.34. The molecule has 140 valence electrons. The first kappa shape index (κ1) is 17.9. The Hall–Kier alpha value is -2.53. The number of benzene rings is 1. The Bertz CT molecular complexity index is 815. The van der Waals surface area contributed by atoms with E-state index >= 15 is 0 Å². The molecule has 2 aromatic rings. The molecule has 1 amide bonds. The summed E-state index contributed by atoms with van der Waals surface area (Å²) in [4.78, 5) is 19.2. The van der Waals surface area contributed by atoms with Crippen LogP contribution in [0.15, 0.2) is 54.9 Å². The zero-order chi connectivity index (χ0) is 18.6. The molecule has 3 aliphatic heterocycles. The van der Waals surface area contributed by atoms with Crippen LogP contribution in [0.5, 0.6) is 0 Å². The number of carbonyl (C=O) groups is 1. The molecule has 1 N–H and O–H groups in total. The van der Waals surface area contributed by atoms with E-state index in [1.54, 1.807) is 30.5 Å². The van der Waals surface area contributed by atoms with Gasteiger partial charge >= 0.3 is 0 Å². The molecule has 0 spiro atoms. The summed E-state index contributed by atoms with van der Waals surface area (Å²) in [5.41, 5.74) is 1.62. The van der Waals surface area contributed by atoms with Crippen molar-refractivity contribution in [3.05, 3.63) is 71.8 Å². The summed E-state index contributed by atoms with van der Waals surface area (Å²) >= 11 is 0. The van der Waals surface area contributed by atoms with Gasteiger partial charge in [-0.3, -0.25) is 14.7 Å². The molecule has 1 aromatic heterocycles. The molecular weight excluding hydrogens is 341 g/mol. The molecule has 3 saturated heterocycles. The quantitative estimate of drug-likeness (QED) is 0.829. The van der Waals surface area contributed by atoms with Crippen molar-refractivity contribution >= 4 is 12.0 Å². The molecule has 3 aliphatic rings. The van der Waals surface area contributed by atoms with Crippen LogP contribution in [-0.2, 0) is 11.2 Å². The van der Waals surface area contributed by atoms with Crippen LogP contribution in [0.3, 0.4) is 0 Å². The fraction of sp³-hybridized carbons (Fsp3) is 0.364. The maximum absolute atomic E-state index is 13.7. The van der Waals surface area contributed by atoms with E-state index < -0.39 is 0 Å². The second-order valence-corrected chi connectivity index (χ2v) is 7.40. The average molecular weight is 365 g/mol. The smallest absolute Gasteiger partial charge is 0.244 e. The molecule has 2 unspecified atom stereocenters. The predicted octanol–water partition coefficient (Wildman–Crippen LogP) is 3.06. The van der Waals surface area contributed by atoms with E-state index in [4.69, 9.17) is 0 Å². The van der Waals surface area contributed by atoms with E-state index in [1.165, 1.54) is 17.7 Å². The van der Waals surface area contributed by atoms with Crippen LogP contribution in [-0.4, -0.2) is 41.0 Å². The number of nitrogens with zero attached hydrogens (tertiary/aromatic N) is 2. The third kappa shape index (κ3) is 4.08. The molecule has 0 radical (unpaired) electrons. The lowest BCUT2D eigenvalue weighted by molar-refractivity contribution is -0.119. The molecule has 1 aromatic carbocycles. The molecule has 27 heavy (non-hydrogen) atoms. The summed E-state index contributed by atoms with van der Waals surface area (Å²) in [5.74, 6) is 0.0227. The van der Waals surface area contributed by atoms with E-state index in [0.29, 0.717) is 11.5 Å². The minimum absolute atomic E-state index is 0.116. The van der Waals surface area contributed by atoms with Crippen molar-refractivity contribution in [3.63, 3.8) is 0 Å². The van der Waals surface area contributed by atoms with Crippen molar-refractivity contribution in [1.82, 2.24) is 15.2 Å². The van der Waals surface area contributed by atoms with Gasteiger partial charge in [-0.25, -0.2) is 4.39 Å². The van der Waals surface area contributed by atoms with Crippen LogP contribution in [0.4, 0.5) is 4.39 Å². The molecule has 2 bridgehead atoms. The van der Waals surface area contributed by atoms with E-state index in [-0.39, 0.29) is 23.8 Å². The summed E-state index contributed by atoms with van der Waals surface area (Å²) in [5, 5.41) is 3.20. The van der Waals surface area contributed by atoms with Crippen LogP contribution < -0.4 is 5.32 Å². The van der Waals surface area contributed by atoms with Crippen LogP contribution in [0.25, 0.3) is 6.08 Å². The van der Waals surface area contributed by atoms with E-state index in [0.717, 1.165) is 32.4 Å². The van der Waals surface area contributed by atoms with Gasteiger partial charge in [-0.2, -0.15) is 0 Å². The first-order chi connectivity index (χ1) is 13.2. The second-order valence-electron chi connectivity index (χ2n) is 7.40. The normalized spacial score (nSPS) is 27.0. The third-order valence-corrected chi connectivity index (χ3v) is 5.76. The number of pyridine rings is 1. The van der Waals surface area contributed by atoms with Crippen molar-refractivity contribution in [2.75, 3.05) is 13.1 Å². The number of halogens is 1. The number of rotatable bonds is 5. The number of piperidine rings is 3. The summed E-state index contributed by atoms with van der Waals surface area (Å²) in [6.07, 6.45) is 9.78. The molecule has 3 fully saturated rings. The number of amides is 1. The average Bonchev–Trinajstić information content (AvgIpc) is 2.71. The summed E-state index contributed by atoms with van der Waals surface area (Å²) in [6.45, 7) is 2.18. The zero-order valence-corrected chi connectivity index (χ0v) is 15.2. The molecule has 5 rings (SSSR count). The number of carbonyl (C=O) groups excluding carboxylic acids is 1. The summed E-state index contributed by atoms with van der Waals surface area (Å²) < 4.78 is 13.7. The minimum Gasteiger partial charge on any atom is -0.348 e. The van der Waals surface area contributed by atoms with Gasteiger partial charge in [0.05, 0.1) is 0 Å². The Morgan fingerprint density at radius 3 is 2.78 bits per heavy atom. The Balaban J connectivity index is 1.46. The number of hydrogen-bond acceptors (Lipinski definition) is 3. The van der Waals surface area contributed by atoms with E-state index in [9.17, 15) is 9.18 Å². The summed E-state index contributed by atoms with van der Waals surface area (Å²) in [6, 6.07) is 10.9. The molecule has 2 atom stereocenters. The monoisotopic (exact) mass is 365 g/mol. The van der Waals surface area contributed by atoms with Crippen molar-refractivity contribution in [2.24, 2.45) is 5.92 Å². The lowest BCUT2D eigenvalue weighted by Crippen LogP contribution is -2.64. The van der Waals surface area contributed by atoms with Gasteiger partial charge in [-0.1, -0.05) is 24.3 Å². The highest BCUT2D eigenvalue weighted by Gasteiger charge is 2.42. The highest BCUT2D eigenvalue weighted by molar-refractivity contribution is 5.92. The maximum Gasteiger partial charge on any atom is 0.244 e. The lowest BCUT2D eigenvalue weighted by Gasteiger charge is -2.51. The Morgan fingerprint density at radius 1 is 1.22 bits per heavy atom. The van der Waals surface area contributed by atoms with E-state index in [2.05, 4.69) is 21.3 Å². The fourth-order valence-electron chi connectivity index (χ4n) is 4.37. The van der Waals surface area contributed by atoms with Gasteiger partial charge < -0.3 is 5.32 Å². The number of hydrogen-bond donors (Lipinski definition) is 1. The molecule has 0 saturated carbocycles. The standard InChI is InChI=1S/C22H24FN3O/c23-19-6-2-1-5-17(19)7-8-21(27)25-22-18-9-12-26(13-10-18)20(22)14-16-4-3-11-24-15-16/h1-8,11,15,18,20,22H,9-10,12-14H2,(H,25,27)/b8-7+.